The van der Waals surface area contributed by atoms with Gasteiger partial charge in [-0.3, -0.25) is 9.59 Å². The molecule has 88 valence electrons. The molecule has 0 radical (unpaired) electrons. The highest BCUT2D eigenvalue weighted by Crippen LogP contribution is 2.25. The number of aliphatic carboxylic acids is 1. The summed E-state index contributed by atoms with van der Waals surface area (Å²) < 4.78 is 0. The molecule has 17 heavy (non-hydrogen) atoms. The fourth-order valence-corrected chi connectivity index (χ4v) is 1.94. The molecule has 1 saturated heterocycles. The third-order valence-corrected chi connectivity index (χ3v) is 2.80. The summed E-state index contributed by atoms with van der Waals surface area (Å²) in [5.41, 5.74) is 0.693. The lowest BCUT2D eigenvalue weighted by molar-refractivity contribution is -0.152. The fraction of sp³-hybridized carbons (Fsp3) is 0.250. The van der Waals surface area contributed by atoms with Gasteiger partial charge in [-0.25, -0.2) is 4.79 Å². The van der Waals surface area contributed by atoms with E-state index < -0.39 is 23.6 Å². The third-order valence-electron chi connectivity index (χ3n) is 2.80. The Balaban J connectivity index is 2.19. The Hall–Kier alpha value is -2.17. The zero-order valence-corrected chi connectivity index (χ0v) is 9.00. The molecule has 1 aromatic rings. The number of amides is 1. The smallest absolute Gasteiger partial charge is 0.373 e. The summed E-state index contributed by atoms with van der Waals surface area (Å²) in [4.78, 5) is 35.2. The molecule has 0 saturated carbocycles. The maximum Gasteiger partial charge on any atom is 0.373 e. The van der Waals surface area contributed by atoms with Crippen LogP contribution in [0.25, 0.3) is 0 Å². The molecule has 1 atom stereocenters. The van der Waals surface area contributed by atoms with Gasteiger partial charge in [0.15, 0.2) is 0 Å². The van der Waals surface area contributed by atoms with E-state index in [1.807, 2.05) is 6.07 Å². The largest absolute Gasteiger partial charge is 0.475 e. The highest BCUT2D eigenvalue weighted by molar-refractivity contribution is 6.38. The predicted octanol–water partition coefficient (Wildman–Crippen LogP) is 0.693. The Labute approximate surface area is 97.7 Å². The van der Waals surface area contributed by atoms with Crippen molar-refractivity contribution in [3.63, 3.8) is 0 Å². The van der Waals surface area contributed by atoms with Crippen molar-refractivity contribution in [2.75, 3.05) is 11.4 Å². The van der Waals surface area contributed by atoms with Crippen molar-refractivity contribution in [1.29, 1.82) is 0 Å². The minimum Gasteiger partial charge on any atom is -0.475 e. The number of para-hydroxylation sites is 1. The van der Waals surface area contributed by atoms with E-state index in [9.17, 15) is 14.4 Å². The average Bonchev–Trinajstić information content (AvgIpc) is 2.71. The van der Waals surface area contributed by atoms with E-state index in [1.165, 1.54) is 4.90 Å². The minimum absolute atomic E-state index is 0.263. The van der Waals surface area contributed by atoms with Crippen LogP contribution >= 0.6 is 0 Å². The van der Waals surface area contributed by atoms with Gasteiger partial charge in [-0.2, -0.15) is 0 Å². The van der Waals surface area contributed by atoms with Crippen LogP contribution in [0, 0.1) is 5.92 Å². The zero-order valence-electron chi connectivity index (χ0n) is 9.00. The molecular weight excluding hydrogens is 222 g/mol. The number of hydrogen-bond donors (Lipinski definition) is 1. The molecule has 1 aliphatic rings. The van der Waals surface area contributed by atoms with Crippen LogP contribution < -0.4 is 4.90 Å². The van der Waals surface area contributed by atoms with Crippen molar-refractivity contribution < 1.29 is 19.5 Å². The molecule has 1 unspecified atom stereocenters. The summed E-state index contributed by atoms with van der Waals surface area (Å²) in [5.74, 6) is -4.03. The number of Topliss-reactive ketones (excluding diaryl/α,β-unsaturated/α-hetero) is 1. The van der Waals surface area contributed by atoms with Gasteiger partial charge < -0.3 is 10.0 Å². The number of hydrogen-bond acceptors (Lipinski definition) is 3. The second kappa shape index (κ2) is 4.37. The number of carboxylic acid groups (broad SMARTS) is 1. The summed E-state index contributed by atoms with van der Waals surface area (Å²) >= 11 is 0. The van der Waals surface area contributed by atoms with Crippen molar-refractivity contribution in [2.24, 2.45) is 5.92 Å². The second-order valence-electron chi connectivity index (χ2n) is 3.84. The topological polar surface area (TPSA) is 74.7 Å². The zero-order chi connectivity index (χ0) is 12.4. The van der Waals surface area contributed by atoms with Gasteiger partial charge in [-0.15, -0.1) is 0 Å². The molecule has 2 rings (SSSR count). The van der Waals surface area contributed by atoms with Crippen LogP contribution in [0.1, 0.15) is 6.42 Å². The maximum absolute atomic E-state index is 11.9. The molecule has 1 aliphatic heterocycles. The van der Waals surface area contributed by atoms with Crippen LogP contribution in [0.3, 0.4) is 0 Å². The van der Waals surface area contributed by atoms with E-state index in [0.717, 1.165) is 0 Å². The summed E-state index contributed by atoms with van der Waals surface area (Å²) in [6.45, 7) is 0.381. The quantitative estimate of drug-likeness (QED) is 0.615. The van der Waals surface area contributed by atoms with Crippen molar-refractivity contribution in [3.8, 4) is 0 Å². The molecule has 1 heterocycles. The summed E-state index contributed by atoms with van der Waals surface area (Å²) in [6.07, 6.45) is 0.263. The van der Waals surface area contributed by atoms with Gasteiger partial charge in [0, 0.05) is 12.2 Å². The second-order valence-corrected chi connectivity index (χ2v) is 3.84. The van der Waals surface area contributed by atoms with Crippen LogP contribution in [0.15, 0.2) is 30.3 Å². The van der Waals surface area contributed by atoms with Crippen LogP contribution in [0.2, 0.25) is 0 Å². The van der Waals surface area contributed by atoms with E-state index in [1.54, 1.807) is 24.3 Å². The number of carbonyl (C=O) groups is 3. The van der Waals surface area contributed by atoms with Gasteiger partial charge in [0.2, 0.25) is 5.91 Å². The van der Waals surface area contributed by atoms with E-state index in [0.29, 0.717) is 12.2 Å². The van der Waals surface area contributed by atoms with Crippen molar-refractivity contribution in [1.82, 2.24) is 0 Å². The lowest BCUT2D eigenvalue weighted by atomic mass is 10.0. The first-order chi connectivity index (χ1) is 8.11. The number of carbonyl (C=O) groups excluding carboxylic acids is 2. The summed E-state index contributed by atoms with van der Waals surface area (Å²) in [6, 6.07) is 8.91. The summed E-state index contributed by atoms with van der Waals surface area (Å²) in [7, 11) is 0. The van der Waals surface area contributed by atoms with Crippen molar-refractivity contribution >= 4 is 23.3 Å². The first-order valence-corrected chi connectivity index (χ1v) is 5.25. The molecule has 1 aromatic carbocycles. The monoisotopic (exact) mass is 233 g/mol. The van der Waals surface area contributed by atoms with E-state index in [2.05, 4.69) is 0 Å². The van der Waals surface area contributed by atoms with Gasteiger partial charge in [-0.05, 0) is 18.6 Å². The third kappa shape index (κ3) is 2.04. The summed E-state index contributed by atoms with van der Waals surface area (Å²) in [5, 5.41) is 8.60. The Morgan fingerprint density at radius 2 is 1.88 bits per heavy atom. The van der Waals surface area contributed by atoms with Crippen molar-refractivity contribution in [2.45, 2.75) is 6.42 Å². The van der Waals surface area contributed by atoms with Gasteiger partial charge >= 0.3 is 5.97 Å². The lowest BCUT2D eigenvalue weighted by Crippen LogP contribution is -2.33. The van der Waals surface area contributed by atoms with Crippen LogP contribution in [-0.2, 0) is 14.4 Å². The molecule has 0 aromatic heterocycles. The molecule has 1 amide bonds. The fourth-order valence-electron chi connectivity index (χ4n) is 1.94. The molecule has 5 heteroatoms. The highest BCUT2D eigenvalue weighted by Gasteiger charge is 2.40. The van der Waals surface area contributed by atoms with E-state index in [4.69, 9.17) is 5.11 Å². The molecule has 5 nitrogen and oxygen atoms in total. The normalized spacial score (nSPS) is 19.4. The van der Waals surface area contributed by atoms with Gasteiger partial charge in [-0.1, -0.05) is 18.2 Å². The SMILES string of the molecule is O=C(O)C(=O)C1CCN(c2ccccc2)C1=O. The molecule has 1 fully saturated rings. The van der Waals surface area contributed by atoms with Crippen LogP contribution in [0.4, 0.5) is 5.69 Å². The lowest BCUT2D eigenvalue weighted by Gasteiger charge is -2.15. The van der Waals surface area contributed by atoms with Crippen LogP contribution in [0.5, 0.6) is 0 Å². The number of rotatable bonds is 3. The van der Waals surface area contributed by atoms with E-state index >= 15 is 0 Å². The number of carboxylic acids is 1. The Bertz CT molecular complexity index is 469. The molecular formula is C12H11NO4. The molecule has 0 bridgehead atoms. The number of ketones is 1. The van der Waals surface area contributed by atoms with Gasteiger partial charge in [0.25, 0.3) is 5.78 Å². The van der Waals surface area contributed by atoms with E-state index in [-0.39, 0.29) is 6.42 Å². The molecule has 0 spiro atoms. The highest BCUT2D eigenvalue weighted by atomic mass is 16.4. The Morgan fingerprint density at radius 1 is 1.24 bits per heavy atom. The molecule has 1 N–H and O–H groups in total. The van der Waals surface area contributed by atoms with Crippen molar-refractivity contribution in [3.05, 3.63) is 30.3 Å². The number of nitrogens with zero attached hydrogens (tertiary/aromatic N) is 1. The van der Waals surface area contributed by atoms with Crippen LogP contribution in [-0.4, -0.2) is 29.3 Å². The number of anilines is 1. The van der Waals surface area contributed by atoms with Gasteiger partial charge in [0.05, 0.1) is 0 Å². The predicted molar refractivity (Wildman–Crippen MR) is 59.5 cm³/mol. The molecule has 0 aliphatic carbocycles. The average molecular weight is 233 g/mol. The Morgan fingerprint density at radius 3 is 2.47 bits per heavy atom. The van der Waals surface area contributed by atoms with Gasteiger partial charge in [0.1, 0.15) is 5.92 Å². The maximum atomic E-state index is 11.9. The minimum atomic E-state index is -1.54. The standard InChI is InChI=1S/C12H11NO4/c14-10(12(16)17)9-6-7-13(11(9)15)8-4-2-1-3-5-8/h1-5,9H,6-7H2,(H,16,17). The first kappa shape index (κ1) is 11.3. The number of benzene rings is 1. The Kier molecular flexibility index (Phi) is 2.91. The first-order valence-electron chi connectivity index (χ1n) is 5.25.